The molecule has 0 atom stereocenters. The molecule has 0 radical (unpaired) electrons. The summed E-state index contributed by atoms with van der Waals surface area (Å²) in [5.74, 6) is -2.46. The van der Waals surface area contributed by atoms with Gasteiger partial charge < -0.3 is 10.4 Å². The maximum Gasteiger partial charge on any atom is 0.303 e. The number of halogens is 1. The third-order valence-corrected chi connectivity index (χ3v) is 3.62. The highest BCUT2D eigenvalue weighted by Crippen LogP contribution is 2.25. The highest BCUT2D eigenvalue weighted by atomic mass is 79.9. The topological polar surface area (TPSA) is 104 Å². The van der Waals surface area contributed by atoms with E-state index >= 15 is 0 Å². The van der Waals surface area contributed by atoms with E-state index in [1.165, 1.54) is 6.07 Å². The fourth-order valence-electron chi connectivity index (χ4n) is 2.07. The lowest BCUT2D eigenvalue weighted by molar-refractivity contribution is -0.137. The lowest BCUT2D eigenvalue weighted by Gasteiger charge is -2.13. The normalized spacial score (nSPS) is 13.2. The van der Waals surface area contributed by atoms with Gasteiger partial charge in [-0.3, -0.25) is 24.1 Å². The fourth-order valence-corrected chi connectivity index (χ4v) is 2.43. The first-order valence-corrected chi connectivity index (χ1v) is 7.33. The molecule has 0 fully saturated rings. The van der Waals surface area contributed by atoms with Crippen LogP contribution in [-0.4, -0.2) is 46.8 Å². The van der Waals surface area contributed by atoms with Crippen LogP contribution in [0.3, 0.4) is 0 Å². The summed E-state index contributed by atoms with van der Waals surface area (Å²) in [5, 5.41) is 11.0. The summed E-state index contributed by atoms with van der Waals surface area (Å²) in [7, 11) is 0. The average molecular weight is 369 g/mol. The molecule has 8 heteroatoms. The Bertz CT molecular complexity index is 659. The van der Waals surface area contributed by atoms with Gasteiger partial charge in [-0.05, 0) is 24.6 Å². The molecular formula is C14H13BrN2O5. The van der Waals surface area contributed by atoms with Crippen molar-refractivity contribution in [1.29, 1.82) is 0 Å². The van der Waals surface area contributed by atoms with E-state index in [-0.39, 0.29) is 37.1 Å². The van der Waals surface area contributed by atoms with Gasteiger partial charge in [0.15, 0.2) is 0 Å². The Kier molecular flexibility index (Phi) is 4.92. The third kappa shape index (κ3) is 3.51. The molecule has 0 aromatic heterocycles. The Hall–Kier alpha value is -2.22. The molecule has 1 aliphatic heterocycles. The van der Waals surface area contributed by atoms with Crippen LogP contribution in [0.5, 0.6) is 0 Å². The van der Waals surface area contributed by atoms with E-state index in [1.54, 1.807) is 12.1 Å². The summed E-state index contributed by atoms with van der Waals surface area (Å²) >= 11 is 3.23. The zero-order valence-corrected chi connectivity index (χ0v) is 13.1. The summed E-state index contributed by atoms with van der Waals surface area (Å²) in [6.07, 6.45) is 0.234. The van der Waals surface area contributed by atoms with Crippen LogP contribution in [0.4, 0.5) is 0 Å². The molecule has 1 aromatic rings. The quantitative estimate of drug-likeness (QED) is 0.576. The van der Waals surface area contributed by atoms with E-state index in [4.69, 9.17) is 5.11 Å². The molecule has 0 spiro atoms. The Labute approximate surface area is 134 Å². The van der Waals surface area contributed by atoms with E-state index in [0.717, 1.165) is 4.90 Å². The summed E-state index contributed by atoms with van der Waals surface area (Å²) in [4.78, 5) is 47.2. The van der Waals surface area contributed by atoms with Gasteiger partial charge in [-0.25, -0.2) is 0 Å². The van der Waals surface area contributed by atoms with Crippen molar-refractivity contribution in [3.63, 3.8) is 0 Å². The van der Waals surface area contributed by atoms with Crippen molar-refractivity contribution in [2.24, 2.45) is 0 Å². The standard InChI is InChI=1S/C14H13BrN2O5/c15-8-3-4-9-10(6-8)14(22)17(13(9)21)7-11(18)16-5-1-2-12(19)20/h3-4,6H,1-2,5,7H2,(H,16,18)(H,19,20). The number of carboxylic acids is 1. The summed E-state index contributed by atoms with van der Waals surface area (Å²) in [5.41, 5.74) is 0.532. The highest BCUT2D eigenvalue weighted by molar-refractivity contribution is 9.10. The molecule has 0 aliphatic carbocycles. The Morgan fingerprint density at radius 3 is 2.55 bits per heavy atom. The molecule has 116 valence electrons. The predicted molar refractivity (Wildman–Crippen MR) is 79.4 cm³/mol. The number of rotatable bonds is 6. The number of fused-ring (bicyclic) bond motifs is 1. The predicted octanol–water partition coefficient (Wildman–Crippen LogP) is 1.03. The van der Waals surface area contributed by atoms with E-state index in [9.17, 15) is 19.2 Å². The van der Waals surface area contributed by atoms with Crippen LogP contribution in [0.15, 0.2) is 22.7 Å². The monoisotopic (exact) mass is 368 g/mol. The summed E-state index contributed by atoms with van der Waals surface area (Å²) in [6.45, 7) is -0.198. The van der Waals surface area contributed by atoms with Gasteiger partial charge >= 0.3 is 5.97 Å². The minimum Gasteiger partial charge on any atom is -0.481 e. The zero-order chi connectivity index (χ0) is 16.3. The number of aliphatic carboxylic acids is 1. The molecule has 1 aliphatic rings. The second kappa shape index (κ2) is 6.69. The van der Waals surface area contributed by atoms with Crippen LogP contribution in [0.2, 0.25) is 0 Å². The van der Waals surface area contributed by atoms with Crippen molar-refractivity contribution >= 4 is 39.6 Å². The smallest absolute Gasteiger partial charge is 0.303 e. The molecule has 1 heterocycles. The van der Waals surface area contributed by atoms with Crippen molar-refractivity contribution in [2.45, 2.75) is 12.8 Å². The maximum atomic E-state index is 12.1. The molecule has 3 amide bonds. The first-order valence-electron chi connectivity index (χ1n) is 6.54. The van der Waals surface area contributed by atoms with Crippen molar-refractivity contribution in [3.05, 3.63) is 33.8 Å². The zero-order valence-electron chi connectivity index (χ0n) is 11.5. The van der Waals surface area contributed by atoms with E-state index in [1.807, 2.05) is 0 Å². The molecule has 22 heavy (non-hydrogen) atoms. The number of benzene rings is 1. The number of hydrogen-bond donors (Lipinski definition) is 2. The second-order valence-corrected chi connectivity index (χ2v) is 5.65. The first kappa shape index (κ1) is 16.2. The first-order chi connectivity index (χ1) is 10.4. The summed E-state index contributed by atoms with van der Waals surface area (Å²) in [6, 6.07) is 4.73. The molecule has 2 N–H and O–H groups in total. The minimum absolute atomic E-state index is 0.0542. The van der Waals surface area contributed by atoms with Crippen LogP contribution in [-0.2, 0) is 9.59 Å². The molecule has 1 aromatic carbocycles. The van der Waals surface area contributed by atoms with Crippen LogP contribution >= 0.6 is 15.9 Å². The number of imide groups is 1. The molecule has 0 saturated heterocycles. The molecule has 0 bridgehead atoms. The largest absolute Gasteiger partial charge is 0.481 e. The number of carbonyl (C=O) groups excluding carboxylic acids is 3. The highest BCUT2D eigenvalue weighted by Gasteiger charge is 2.36. The van der Waals surface area contributed by atoms with Gasteiger partial charge in [0, 0.05) is 17.4 Å². The number of hydrogen-bond acceptors (Lipinski definition) is 4. The van der Waals surface area contributed by atoms with Crippen LogP contribution in [0.1, 0.15) is 33.6 Å². The number of amides is 3. The molecule has 7 nitrogen and oxygen atoms in total. The molecular weight excluding hydrogens is 356 g/mol. The molecule has 0 saturated carbocycles. The summed E-state index contributed by atoms with van der Waals surface area (Å²) < 4.78 is 0.673. The van der Waals surface area contributed by atoms with E-state index < -0.39 is 23.7 Å². The number of nitrogens with zero attached hydrogens (tertiary/aromatic N) is 1. The second-order valence-electron chi connectivity index (χ2n) is 4.73. The van der Waals surface area contributed by atoms with Gasteiger partial charge in [-0.15, -0.1) is 0 Å². The third-order valence-electron chi connectivity index (χ3n) is 3.12. The van der Waals surface area contributed by atoms with Gasteiger partial charge in [-0.2, -0.15) is 0 Å². The lowest BCUT2D eigenvalue weighted by atomic mass is 10.1. The van der Waals surface area contributed by atoms with Gasteiger partial charge in [0.2, 0.25) is 5.91 Å². The minimum atomic E-state index is -0.944. The van der Waals surface area contributed by atoms with E-state index in [2.05, 4.69) is 21.2 Å². The van der Waals surface area contributed by atoms with E-state index in [0.29, 0.717) is 4.47 Å². The van der Waals surface area contributed by atoms with Gasteiger partial charge in [0.05, 0.1) is 11.1 Å². The van der Waals surface area contributed by atoms with Crippen molar-refractivity contribution in [3.8, 4) is 0 Å². The molecule has 0 unspecified atom stereocenters. The maximum absolute atomic E-state index is 12.1. The van der Waals surface area contributed by atoms with Gasteiger partial charge in [0.1, 0.15) is 6.54 Å². The van der Waals surface area contributed by atoms with Crippen LogP contribution < -0.4 is 5.32 Å². The van der Waals surface area contributed by atoms with Crippen LogP contribution in [0.25, 0.3) is 0 Å². The SMILES string of the molecule is O=C(O)CCCNC(=O)CN1C(=O)c2ccc(Br)cc2C1=O. The molecule has 2 rings (SSSR count). The fraction of sp³-hybridized carbons (Fsp3) is 0.286. The van der Waals surface area contributed by atoms with Crippen molar-refractivity contribution in [1.82, 2.24) is 10.2 Å². The Morgan fingerprint density at radius 2 is 1.86 bits per heavy atom. The van der Waals surface area contributed by atoms with Gasteiger partial charge in [-0.1, -0.05) is 15.9 Å². The Balaban J connectivity index is 1.94. The van der Waals surface area contributed by atoms with Crippen molar-refractivity contribution in [2.75, 3.05) is 13.1 Å². The number of carboxylic acid groups (broad SMARTS) is 1. The van der Waals surface area contributed by atoms with Gasteiger partial charge in [0.25, 0.3) is 11.8 Å². The Morgan fingerprint density at radius 1 is 1.18 bits per heavy atom. The van der Waals surface area contributed by atoms with Crippen molar-refractivity contribution < 1.29 is 24.3 Å². The lowest BCUT2D eigenvalue weighted by Crippen LogP contribution is -2.40. The van der Waals surface area contributed by atoms with Crippen LogP contribution in [0, 0.1) is 0 Å². The average Bonchev–Trinajstić information content (AvgIpc) is 2.68. The number of carbonyl (C=O) groups is 4. The number of nitrogens with one attached hydrogen (secondary N) is 1.